The van der Waals surface area contributed by atoms with E-state index in [4.69, 9.17) is 0 Å². The molecule has 2 aromatic heterocycles. The second-order valence-electron chi connectivity index (χ2n) is 7.30. The third kappa shape index (κ3) is 2.46. The summed E-state index contributed by atoms with van der Waals surface area (Å²) in [6.45, 7) is 0. The second kappa shape index (κ2) is 6.32. The maximum Gasteiger partial charge on any atom is 0.137 e. The fraction of sp³-hybridized carbons (Fsp3) is 0. The van der Waals surface area contributed by atoms with Crippen LogP contribution >= 0.6 is 0 Å². The molecule has 6 aromatic rings. The molecular weight excluding hydrogens is 352 g/mol. The Kier molecular flexibility index (Phi) is 3.50. The molecule has 29 heavy (non-hydrogen) atoms. The van der Waals surface area contributed by atoms with Crippen molar-refractivity contribution in [3.63, 3.8) is 0 Å². The van der Waals surface area contributed by atoms with Crippen LogP contribution in [-0.2, 0) is 0 Å². The van der Waals surface area contributed by atoms with E-state index in [9.17, 15) is 0 Å². The van der Waals surface area contributed by atoms with E-state index in [2.05, 4.69) is 101 Å². The zero-order valence-corrected chi connectivity index (χ0v) is 15.8. The molecule has 0 fully saturated rings. The quantitative estimate of drug-likeness (QED) is 0.321. The standard InChI is InChI=1S/C27H18N2/c1-2-9-20-18-21(16-15-19(20)8-1)22-11-7-12-24-23-10-3-4-13-25(23)29(27(22)24)26-14-5-6-17-28-26/h1-18H. The number of aromatic nitrogens is 2. The third-order valence-electron chi connectivity index (χ3n) is 5.63. The fourth-order valence-electron chi connectivity index (χ4n) is 4.33. The molecule has 2 nitrogen and oxygen atoms in total. The summed E-state index contributed by atoms with van der Waals surface area (Å²) in [4.78, 5) is 4.67. The fourth-order valence-corrected chi connectivity index (χ4v) is 4.33. The van der Waals surface area contributed by atoms with Crippen LogP contribution in [0.5, 0.6) is 0 Å². The number of para-hydroxylation sites is 2. The minimum absolute atomic E-state index is 0.937. The lowest BCUT2D eigenvalue weighted by Crippen LogP contribution is -1.97. The molecule has 0 aliphatic carbocycles. The number of benzene rings is 4. The van der Waals surface area contributed by atoms with Crippen LogP contribution in [0.2, 0.25) is 0 Å². The summed E-state index contributed by atoms with van der Waals surface area (Å²) >= 11 is 0. The highest BCUT2D eigenvalue weighted by atomic mass is 15.1. The Hall–Kier alpha value is -3.91. The first kappa shape index (κ1) is 16.1. The van der Waals surface area contributed by atoms with E-state index >= 15 is 0 Å². The van der Waals surface area contributed by atoms with E-state index in [1.165, 1.54) is 43.7 Å². The lowest BCUT2D eigenvalue weighted by atomic mass is 9.99. The monoisotopic (exact) mass is 370 g/mol. The molecule has 0 amide bonds. The molecule has 2 heterocycles. The van der Waals surface area contributed by atoms with Crippen molar-refractivity contribution in [1.82, 2.24) is 9.55 Å². The van der Waals surface area contributed by atoms with Crippen LogP contribution in [0.1, 0.15) is 0 Å². The summed E-state index contributed by atoms with van der Waals surface area (Å²) < 4.78 is 2.29. The molecule has 2 heteroatoms. The van der Waals surface area contributed by atoms with Crippen LogP contribution in [0.4, 0.5) is 0 Å². The molecule has 0 aliphatic heterocycles. The van der Waals surface area contributed by atoms with Gasteiger partial charge in [0.15, 0.2) is 0 Å². The van der Waals surface area contributed by atoms with Crippen molar-refractivity contribution in [2.45, 2.75) is 0 Å². The van der Waals surface area contributed by atoms with Crippen LogP contribution in [0, 0.1) is 0 Å². The van der Waals surface area contributed by atoms with Gasteiger partial charge in [0.25, 0.3) is 0 Å². The molecule has 0 N–H and O–H groups in total. The second-order valence-corrected chi connectivity index (χ2v) is 7.30. The first-order valence-corrected chi connectivity index (χ1v) is 9.83. The van der Waals surface area contributed by atoms with E-state index in [1.807, 2.05) is 18.3 Å². The average Bonchev–Trinajstić information content (AvgIpc) is 3.14. The van der Waals surface area contributed by atoms with Crippen molar-refractivity contribution in [1.29, 1.82) is 0 Å². The SMILES string of the molecule is c1ccc(-n2c3ccccc3c3cccc(-c4ccc5ccccc5c4)c32)nc1. The van der Waals surface area contributed by atoms with Gasteiger partial charge in [-0.25, -0.2) is 4.98 Å². The number of hydrogen-bond donors (Lipinski definition) is 0. The van der Waals surface area contributed by atoms with Crippen LogP contribution < -0.4 is 0 Å². The zero-order chi connectivity index (χ0) is 19.2. The average molecular weight is 370 g/mol. The zero-order valence-electron chi connectivity index (χ0n) is 15.8. The highest BCUT2D eigenvalue weighted by Crippen LogP contribution is 2.38. The molecular formula is C27H18N2. The van der Waals surface area contributed by atoms with Crippen molar-refractivity contribution in [3.05, 3.63) is 109 Å². The maximum atomic E-state index is 4.67. The minimum Gasteiger partial charge on any atom is -0.293 e. The topological polar surface area (TPSA) is 17.8 Å². The molecule has 0 saturated heterocycles. The number of fused-ring (bicyclic) bond motifs is 4. The Bertz CT molecular complexity index is 1490. The van der Waals surface area contributed by atoms with Crippen LogP contribution in [0.25, 0.3) is 49.5 Å². The first-order chi connectivity index (χ1) is 14.4. The van der Waals surface area contributed by atoms with Gasteiger partial charge in [-0.2, -0.15) is 0 Å². The van der Waals surface area contributed by atoms with Gasteiger partial charge in [0, 0.05) is 22.5 Å². The van der Waals surface area contributed by atoms with E-state index < -0.39 is 0 Å². The van der Waals surface area contributed by atoms with Crippen molar-refractivity contribution in [2.75, 3.05) is 0 Å². The Morgan fingerprint density at radius 1 is 0.586 bits per heavy atom. The predicted octanol–water partition coefficient (Wildman–Crippen LogP) is 7.00. The van der Waals surface area contributed by atoms with Gasteiger partial charge in [-0.3, -0.25) is 4.57 Å². The minimum atomic E-state index is 0.937. The van der Waals surface area contributed by atoms with Gasteiger partial charge in [0.1, 0.15) is 5.82 Å². The van der Waals surface area contributed by atoms with Gasteiger partial charge in [0.2, 0.25) is 0 Å². The largest absolute Gasteiger partial charge is 0.293 e. The van der Waals surface area contributed by atoms with Gasteiger partial charge in [-0.05, 0) is 40.6 Å². The molecule has 4 aromatic carbocycles. The molecule has 0 saturated carbocycles. The van der Waals surface area contributed by atoms with E-state index in [0.29, 0.717) is 0 Å². The van der Waals surface area contributed by atoms with Gasteiger partial charge in [-0.1, -0.05) is 78.9 Å². The number of nitrogens with zero attached hydrogens (tertiary/aromatic N) is 2. The summed E-state index contributed by atoms with van der Waals surface area (Å²) in [5.41, 5.74) is 4.81. The van der Waals surface area contributed by atoms with Crippen LogP contribution in [0.3, 0.4) is 0 Å². The molecule has 0 radical (unpaired) electrons. The Morgan fingerprint density at radius 3 is 2.28 bits per heavy atom. The Labute approximate surface area is 168 Å². The smallest absolute Gasteiger partial charge is 0.137 e. The Balaban J connectivity index is 1.76. The number of rotatable bonds is 2. The first-order valence-electron chi connectivity index (χ1n) is 9.83. The van der Waals surface area contributed by atoms with Gasteiger partial charge >= 0.3 is 0 Å². The molecule has 0 aliphatic rings. The molecule has 0 bridgehead atoms. The van der Waals surface area contributed by atoms with Gasteiger partial charge in [-0.15, -0.1) is 0 Å². The van der Waals surface area contributed by atoms with Crippen molar-refractivity contribution < 1.29 is 0 Å². The summed E-state index contributed by atoms with van der Waals surface area (Å²) in [5, 5.41) is 5.00. The van der Waals surface area contributed by atoms with E-state index in [1.54, 1.807) is 0 Å². The Morgan fingerprint density at radius 2 is 1.38 bits per heavy atom. The maximum absolute atomic E-state index is 4.67. The summed E-state index contributed by atoms with van der Waals surface area (Å²) in [7, 11) is 0. The lowest BCUT2D eigenvalue weighted by molar-refractivity contribution is 1.08. The highest BCUT2D eigenvalue weighted by Gasteiger charge is 2.16. The molecule has 0 unspecified atom stereocenters. The van der Waals surface area contributed by atoms with Crippen molar-refractivity contribution in [3.8, 4) is 16.9 Å². The molecule has 6 rings (SSSR count). The number of pyridine rings is 1. The summed E-state index contributed by atoms with van der Waals surface area (Å²) in [6, 6.07) is 36.4. The van der Waals surface area contributed by atoms with Gasteiger partial charge < -0.3 is 0 Å². The lowest BCUT2D eigenvalue weighted by Gasteiger charge is -2.11. The summed E-state index contributed by atoms with van der Waals surface area (Å²) in [6.07, 6.45) is 1.86. The highest BCUT2D eigenvalue weighted by molar-refractivity contribution is 6.14. The van der Waals surface area contributed by atoms with Crippen molar-refractivity contribution in [2.24, 2.45) is 0 Å². The van der Waals surface area contributed by atoms with E-state index in [-0.39, 0.29) is 0 Å². The normalized spacial score (nSPS) is 11.4. The third-order valence-corrected chi connectivity index (χ3v) is 5.63. The van der Waals surface area contributed by atoms with Crippen molar-refractivity contribution >= 4 is 32.6 Å². The van der Waals surface area contributed by atoms with E-state index in [0.717, 1.165) is 5.82 Å². The molecule has 0 atom stereocenters. The van der Waals surface area contributed by atoms with Crippen LogP contribution in [0.15, 0.2) is 109 Å². The van der Waals surface area contributed by atoms with Crippen LogP contribution in [-0.4, -0.2) is 9.55 Å². The van der Waals surface area contributed by atoms with Gasteiger partial charge in [0.05, 0.1) is 11.0 Å². The molecule has 136 valence electrons. The predicted molar refractivity (Wildman–Crippen MR) is 122 cm³/mol. The molecule has 0 spiro atoms. The summed E-state index contributed by atoms with van der Waals surface area (Å²) in [5.74, 6) is 0.937. The number of hydrogen-bond acceptors (Lipinski definition) is 1.